The number of hydrogen-bond donors (Lipinski definition) is 2. The fraction of sp³-hybridized carbons (Fsp3) is 0.208. The number of carbonyl (C=O) groups is 1. The number of halogens is 2. The lowest BCUT2D eigenvalue weighted by molar-refractivity contribution is -0.116. The van der Waals surface area contributed by atoms with Gasteiger partial charge in [-0.05, 0) is 79.6 Å². The van der Waals surface area contributed by atoms with Gasteiger partial charge in [0, 0.05) is 29.4 Å². The monoisotopic (exact) mass is 553 g/mol. The third kappa shape index (κ3) is 7.42. The number of sulfonamides is 2. The molecule has 0 radical (unpaired) electrons. The van der Waals surface area contributed by atoms with E-state index >= 15 is 0 Å². The summed E-state index contributed by atoms with van der Waals surface area (Å²) in [6.45, 7) is 1.86. The Bertz CT molecular complexity index is 1450. The normalized spacial score (nSPS) is 11.7. The van der Waals surface area contributed by atoms with Crippen LogP contribution in [0.2, 0.25) is 5.02 Å². The van der Waals surface area contributed by atoms with E-state index in [0.717, 1.165) is 24.0 Å². The first-order chi connectivity index (χ1) is 16.8. The Morgan fingerprint density at radius 1 is 0.944 bits per heavy atom. The van der Waals surface area contributed by atoms with E-state index in [1.807, 2.05) is 0 Å². The third-order valence-corrected chi connectivity index (χ3v) is 7.96. The smallest absolute Gasteiger partial charge is 0.261 e. The zero-order valence-electron chi connectivity index (χ0n) is 19.5. The van der Waals surface area contributed by atoms with E-state index < -0.39 is 25.9 Å². The summed E-state index contributed by atoms with van der Waals surface area (Å²) in [4.78, 5) is 12.4. The van der Waals surface area contributed by atoms with Crippen molar-refractivity contribution in [3.05, 3.63) is 83.1 Å². The van der Waals surface area contributed by atoms with Crippen LogP contribution in [0, 0.1) is 12.7 Å². The van der Waals surface area contributed by atoms with Gasteiger partial charge < -0.3 is 5.32 Å². The molecule has 0 atom stereocenters. The van der Waals surface area contributed by atoms with Crippen LogP contribution in [-0.2, 0) is 24.8 Å². The molecule has 0 aliphatic heterocycles. The number of hydrogen-bond acceptors (Lipinski definition) is 5. The molecule has 12 heteroatoms. The summed E-state index contributed by atoms with van der Waals surface area (Å²) in [6, 6.07) is 15.4. The van der Waals surface area contributed by atoms with Crippen LogP contribution >= 0.6 is 11.6 Å². The number of benzene rings is 3. The zero-order chi connectivity index (χ0) is 26.5. The lowest BCUT2D eigenvalue weighted by atomic mass is 10.2. The summed E-state index contributed by atoms with van der Waals surface area (Å²) in [5.41, 5.74) is 1.78. The maximum absolute atomic E-state index is 13.0. The first-order valence-electron chi connectivity index (χ1n) is 10.8. The van der Waals surface area contributed by atoms with Crippen LogP contribution in [0.5, 0.6) is 0 Å². The number of anilines is 3. The molecule has 0 heterocycles. The fourth-order valence-corrected chi connectivity index (χ4v) is 5.61. The van der Waals surface area contributed by atoms with Gasteiger partial charge in [0.25, 0.3) is 10.0 Å². The van der Waals surface area contributed by atoms with Gasteiger partial charge in [-0.2, -0.15) is 0 Å². The van der Waals surface area contributed by atoms with Crippen LogP contribution in [0.25, 0.3) is 0 Å². The lowest BCUT2D eigenvalue weighted by Gasteiger charge is -2.24. The first-order valence-corrected chi connectivity index (χ1v) is 14.5. The molecule has 0 spiro atoms. The molecular formula is C24H25ClFN3O5S2. The molecule has 0 saturated heterocycles. The van der Waals surface area contributed by atoms with Gasteiger partial charge in [-0.1, -0.05) is 17.7 Å². The van der Waals surface area contributed by atoms with Gasteiger partial charge in [-0.3, -0.25) is 13.8 Å². The van der Waals surface area contributed by atoms with E-state index in [-0.39, 0.29) is 35.9 Å². The summed E-state index contributed by atoms with van der Waals surface area (Å²) in [5, 5.41) is 3.07. The number of carbonyl (C=O) groups excluding carboxylic acids is 1. The summed E-state index contributed by atoms with van der Waals surface area (Å²) in [5.74, 6) is -0.840. The molecule has 8 nitrogen and oxygen atoms in total. The van der Waals surface area contributed by atoms with Crippen molar-refractivity contribution in [3.8, 4) is 0 Å². The molecule has 0 aliphatic rings. The molecule has 0 fully saturated rings. The summed E-state index contributed by atoms with van der Waals surface area (Å²) in [7, 11) is -7.50. The molecule has 36 heavy (non-hydrogen) atoms. The van der Waals surface area contributed by atoms with Gasteiger partial charge in [0.2, 0.25) is 15.9 Å². The number of nitrogens with one attached hydrogen (secondary N) is 2. The van der Waals surface area contributed by atoms with E-state index in [9.17, 15) is 26.0 Å². The molecular weight excluding hydrogens is 529 g/mol. The highest BCUT2D eigenvalue weighted by molar-refractivity contribution is 7.92. The van der Waals surface area contributed by atoms with E-state index in [2.05, 4.69) is 10.0 Å². The Morgan fingerprint density at radius 2 is 1.56 bits per heavy atom. The zero-order valence-corrected chi connectivity index (χ0v) is 21.9. The van der Waals surface area contributed by atoms with Crippen molar-refractivity contribution in [2.45, 2.75) is 24.7 Å². The molecule has 0 unspecified atom stereocenters. The fourth-order valence-electron chi connectivity index (χ4n) is 3.37. The number of amides is 1. The number of aryl methyl sites for hydroxylation is 1. The van der Waals surface area contributed by atoms with Gasteiger partial charge >= 0.3 is 0 Å². The van der Waals surface area contributed by atoms with Gasteiger partial charge in [-0.15, -0.1) is 0 Å². The average molecular weight is 554 g/mol. The Hall–Kier alpha value is -3.15. The minimum atomic E-state index is -3.90. The highest BCUT2D eigenvalue weighted by Crippen LogP contribution is 2.27. The maximum atomic E-state index is 13.0. The average Bonchev–Trinajstić information content (AvgIpc) is 2.79. The molecule has 2 N–H and O–H groups in total. The van der Waals surface area contributed by atoms with E-state index in [1.165, 1.54) is 40.7 Å². The quantitative estimate of drug-likeness (QED) is 0.375. The van der Waals surface area contributed by atoms with Gasteiger partial charge in [0.15, 0.2) is 0 Å². The van der Waals surface area contributed by atoms with E-state index in [4.69, 9.17) is 11.6 Å². The highest BCUT2D eigenvalue weighted by Gasteiger charge is 2.20. The second kappa shape index (κ2) is 11.3. The summed E-state index contributed by atoms with van der Waals surface area (Å²) in [6.07, 6.45) is 1.38. The SMILES string of the molecule is Cc1ccc(Cl)cc1N(CCCC(=O)Nc1ccc(S(=O)(=O)Nc2ccc(F)cc2)cc1)S(C)(=O)=O. The van der Waals surface area contributed by atoms with Crippen LogP contribution in [0.15, 0.2) is 71.6 Å². The Labute approximate surface area is 215 Å². The topological polar surface area (TPSA) is 113 Å². The minimum absolute atomic E-state index is 0.0366. The summed E-state index contributed by atoms with van der Waals surface area (Å²) < 4.78 is 66.3. The number of rotatable bonds is 10. The largest absolute Gasteiger partial charge is 0.326 e. The van der Waals surface area contributed by atoms with Crippen molar-refractivity contribution in [2.24, 2.45) is 0 Å². The van der Waals surface area contributed by atoms with Crippen molar-refractivity contribution in [1.82, 2.24) is 0 Å². The molecule has 0 bridgehead atoms. The molecule has 1 amide bonds. The summed E-state index contributed by atoms with van der Waals surface area (Å²) >= 11 is 6.03. The van der Waals surface area contributed by atoms with E-state index in [0.29, 0.717) is 16.4 Å². The first kappa shape index (κ1) is 27.4. The Balaban J connectivity index is 1.59. The standard InChI is InChI=1S/C24H25ClFN3O5S2/c1-17-5-6-18(25)16-23(17)29(35(2,31)32)15-3-4-24(30)27-20-11-13-22(14-12-20)36(33,34)28-21-9-7-19(26)8-10-21/h5-14,16,28H,3-4,15H2,1-2H3,(H,27,30). The maximum Gasteiger partial charge on any atom is 0.261 e. The molecule has 0 aliphatic carbocycles. The molecule has 3 aromatic rings. The Morgan fingerprint density at radius 3 is 2.17 bits per heavy atom. The van der Waals surface area contributed by atoms with Crippen LogP contribution in [0.3, 0.4) is 0 Å². The van der Waals surface area contributed by atoms with Gasteiger partial charge in [0.05, 0.1) is 16.8 Å². The van der Waals surface area contributed by atoms with Crippen molar-refractivity contribution in [2.75, 3.05) is 27.1 Å². The number of nitrogens with zero attached hydrogens (tertiary/aromatic N) is 1. The van der Waals surface area contributed by atoms with Crippen molar-refractivity contribution < 1.29 is 26.0 Å². The molecule has 0 saturated carbocycles. The van der Waals surface area contributed by atoms with Gasteiger partial charge in [0.1, 0.15) is 5.82 Å². The second-order valence-electron chi connectivity index (χ2n) is 8.05. The highest BCUT2D eigenvalue weighted by atomic mass is 35.5. The lowest BCUT2D eigenvalue weighted by Crippen LogP contribution is -2.32. The van der Waals surface area contributed by atoms with Gasteiger partial charge in [-0.25, -0.2) is 21.2 Å². The Kier molecular flexibility index (Phi) is 8.59. The predicted octanol–water partition coefficient (Wildman–Crippen LogP) is 4.77. The van der Waals surface area contributed by atoms with Crippen LogP contribution in [-0.4, -0.2) is 35.5 Å². The predicted molar refractivity (Wildman–Crippen MR) is 140 cm³/mol. The van der Waals surface area contributed by atoms with Crippen molar-refractivity contribution in [3.63, 3.8) is 0 Å². The van der Waals surface area contributed by atoms with Crippen LogP contribution < -0.4 is 14.3 Å². The molecule has 0 aromatic heterocycles. The van der Waals surface area contributed by atoms with Crippen LogP contribution in [0.1, 0.15) is 18.4 Å². The van der Waals surface area contributed by atoms with Crippen molar-refractivity contribution in [1.29, 1.82) is 0 Å². The van der Waals surface area contributed by atoms with Crippen molar-refractivity contribution >= 4 is 54.6 Å². The minimum Gasteiger partial charge on any atom is -0.326 e. The third-order valence-electron chi connectivity index (χ3n) is 5.15. The van der Waals surface area contributed by atoms with E-state index in [1.54, 1.807) is 25.1 Å². The molecule has 192 valence electrons. The second-order valence-corrected chi connectivity index (χ2v) is 12.1. The molecule has 3 aromatic carbocycles. The van der Waals surface area contributed by atoms with Crippen LogP contribution in [0.4, 0.5) is 21.5 Å². The molecule has 3 rings (SSSR count).